The van der Waals surface area contributed by atoms with Crippen molar-refractivity contribution in [2.45, 2.75) is 6.42 Å². The van der Waals surface area contributed by atoms with Crippen molar-refractivity contribution in [3.05, 3.63) is 101 Å². The Kier molecular flexibility index (Phi) is 2.80. The average Bonchev–Trinajstić information content (AvgIpc) is 2.66. The van der Waals surface area contributed by atoms with Gasteiger partial charge in [-0.05, 0) is 40.6 Å². The molecular formula is C21H10O5. The zero-order chi connectivity index (χ0) is 18.0. The number of fused-ring (bicyclic) bond motifs is 4. The van der Waals surface area contributed by atoms with Gasteiger partial charge in [-0.2, -0.15) is 0 Å². The Morgan fingerprint density at radius 3 is 1.85 bits per heavy atom. The van der Waals surface area contributed by atoms with Gasteiger partial charge >= 0.3 is 0 Å². The monoisotopic (exact) mass is 342 g/mol. The second-order valence-corrected chi connectivity index (χ2v) is 6.41. The van der Waals surface area contributed by atoms with E-state index < -0.39 is 21.7 Å². The molecule has 0 unspecified atom stereocenters. The predicted octanol–water partition coefficient (Wildman–Crippen LogP) is 2.01. The highest BCUT2D eigenvalue weighted by Gasteiger charge is 2.21. The number of hydrogen-bond donors (Lipinski definition) is 0. The largest absolute Gasteiger partial charge is 0.457 e. The predicted molar refractivity (Wildman–Crippen MR) is 98.2 cm³/mol. The first-order chi connectivity index (χ1) is 12.5. The van der Waals surface area contributed by atoms with E-state index in [9.17, 15) is 19.2 Å². The van der Waals surface area contributed by atoms with Crippen molar-refractivity contribution in [3.63, 3.8) is 0 Å². The lowest BCUT2D eigenvalue weighted by Gasteiger charge is -2.21. The zero-order valence-electron chi connectivity index (χ0n) is 13.4. The molecule has 5 rings (SSSR count). The Labute approximate surface area is 145 Å². The van der Waals surface area contributed by atoms with Crippen LogP contribution in [0.4, 0.5) is 0 Å². The maximum absolute atomic E-state index is 12.1. The summed E-state index contributed by atoms with van der Waals surface area (Å²) in [6, 6.07) is 14.7. The Balaban J connectivity index is 1.79. The van der Waals surface area contributed by atoms with E-state index in [0.717, 1.165) is 16.3 Å². The molecule has 5 nitrogen and oxygen atoms in total. The van der Waals surface area contributed by atoms with Crippen LogP contribution in [0.5, 0.6) is 11.5 Å². The van der Waals surface area contributed by atoms with Crippen LogP contribution in [0.15, 0.2) is 67.7 Å². The third kappa shape index (κ3) is 1.91. The summed E-state index contributed by atoms with van der Waals surface area (Å²) in [5, 5.41) is 2.01. The van der Waals surface area contributed by atoms with Crippen LogP contribution in [0.1, 0.15) is 11.1 Å². The van der Waals surface area contributed by atoms with Gasteiger partial charge < -0.3 is 4.74 Å². The van der Waals surface area contributed by atoms with Crippen LogP contribution in [-0.2, 0) is 6.42 Å². The summed E-state index contributed by atoms with van der Waals surface area (Å²) in [7, 11) is 0. The van der Waals surface area contributed by atoms with E-state index >= 15 is 0 Å². The van der Waals surface area contributed by atoms with Crippen molar-refractivity contribution in [2.75, 3.05) is 0 Å². The molecule has 1 heterocycles. The van der Waals surface area contributed by atoms with Crippen LogP contribution in [0.3, 0.4) is 0 Å². The van der Waals surface area contributed by atoms with E-state index in [0.29, 0.717) is 23.5 Å². The van der Waals surface area contributed by atoms with Crippen LogP contribution >= 0.6 is 0 Å². The van der Waals surface area contributed by atoms with Crippen molar-refractivity contribution in [1.82, 2.24) is 0 Å². The maximum Gasteiger partial charge on any atom is 0.277 e. The highest BCUT2D eigenvalue weighted by Crippen LogP contribution is 2.39. The third-order valence-electron chi connectivity index (χ3n) is 4.84. The van der Waals surface area contributed by atoms with Gasteiger partial charge in [0.1, 0.15) is 11.5 Å². The van der Waals surface area contributed by atoms with Crippen LogP contribution in [0.2, 0.25) is 0 Å². The second-order valence-electron chi connectivity index (χ2n) is 6.41. The minimum atomic E-state index is -1.29. The summed E-state index contributed by atoms with van der Waals surface area (Å²) in [6.45, 7) is 0. The highest BCUT2D eigenvalue weighted by molar-refractivity contribution is 5.88. The van der Waals surface area contributed by atoms with Crippen LogP contribution in [0, 0.1) is 0 Å². The number of rotatable bonds is 0. The number of hydrogen-bond acceptors (Lipinski definition) is 5. The summed E-state index contributed by atoms with van der Waals surface area (Å²) in [5.74, 6) is 1.10. The molecule has 0 saturated heterocycles. The number of benzene rings is 4. The van der Waals surface area contributed by atoms with Crippen molar-refractivity contribution in [3.8, 4) is 11.5 Å². The van der Waals surface area contributed by atoms with Gasteiger partial charge in [-0.15, -0.1) is 0 Å². The third-order valence-corrected chi connectivity index (χ3v) is 4.84. The van der Waals surface area contributed by atoms with Gasteiger partial charge in [0.15, 0.2) is 0 Å². The SMILES string of the molecule is O=c1c(=O)c(=O)c2cc3c(cc2c1=O)Cc1cc2ccccc2cc1O3. The molecule has 0 bridgehead atoms. The lowest BCUT2D eigenvalue weighted by Crippen LogP contribution is -2.46. The summed E-state index contributed by atoms with van der Waals surface area (Å²) in [4.78, 5) is 47.5. The van der Waals surface area contributed by atoms with Gasteiger partial charge in [0.25, 0.3) is 10.9 Å². The topological polar surface area (TPSA) is 77.5 Å². The molecule has 124 valence electrons. The van der Waals surface area contributed by atoms with Crippen molar-refractivity contribution >= 4 is 21.5 Å². The Morgan fingerprint density at radius 1 is 0.615 bits per heavy atom. The minimum absolute atomic E-state index is 0.0220. The zero-order valence-corrected chi connectivity index (χ0v) is 13.4. The van der Waals surface area contributed by atoms with Crippen LogP contribution < -0.4 is 26.5 Å². The van der Waals surface area contributed by atoms with Gasteiger partial charge in [0, 0.05) is 22.8 Å². The molecule has 5 heteroatoms. The fourth-order valence-corrected chi connectivity index (χ4v) is 3.51. The van der Waals surface area contributed by atoms with E-state index in [2.05, 4.69) is 0 Å². The molecule has 4 aromatic carbocycles. The fourth-order valence-electron chi connectivity index (χ4n) is 3.51. The molecule has 4 aromatic rings. The van der Waals surface area contributed by atoms with E-state index in [1.807, 2.05) is 36.4 Å². The lowest BCUT2D eigenvalue weighted by atomic mass is 9.95. The molecule has 0 N–H and O–H groups in total. The molecule has 26 heavy (non-hydrogen) atoms. The summed E-state index contributed by atoms with van der Waals surface area (Å²) >= 11 is 0. The molecule has 0 spiro atoms. The molecule has 0 atom stereocenters. The molecule has 0 aliphatic carbocycles. The van der Waals surface area contributed by atoms with Crippen molar-refractivity contribution in [1.29, 1.82) is 0 Å². The Hall–Kier alpha value is -3.60. The first-order valence-corrected chi connectivity index (χ1v) is 8.07. The molecule has 0 aromatic heterocycles. The summed E-state index contributed by atoms with van der Waals surface area (Å²) in [6.07, 6.45) is 0.506. The molecule has 0 fully saturated rings. The lowest BCUT2D eigenvalue weighted by molar-refractivity contribution is 0.462. The summed E-state index contributed by atoms with van der Waals surface area (Å²) < 4.78 is 5.94. The molecule has 1 aliphatic heterocycles. The average molecular weight is 342 g/mol. The van der Waals surface area contributed by atoms with Crippen LogP contribution in [-0.4, -0.2) is 0 Å². The van der Waals surface area contributed by atoms with Gasteiger partial charge in [-0.3, -0.25) is 19.2 Å². The van der Waals surface area contributed by atoms with Gasteiger partial charge in [-0.1, -0.05) is 24.3 Å². The standard InChI is InChI=1S/C21H10O5/c22-18-14-7-13-6-12-5-10-3-1-2-4-11(10)8-16(12)26-17(13)9-15(14)19(23)21(25)20(18)24/h1-5,7-9H,6H2. The van der Waals surface area contributed by atoms with Gasteiger partial charge in [-0.25, -0.2) is 0 Å². The molecule has 1 aliphatic rings. The molecule has 0 amide bonds. The first-order valence-electron chi connectivity index (χ1n) is 8.07. The molecule has 0 radical (unpaired) electrons. The van der Waals surface area contributed by atoms with Gasteiger partial charge in [0.05, 0.1) is 0 Å². The Morgan fingerprint density at radius 2 is 1.15 bits per heavy atom. The summed E-state index contributed by atoms with van der Waals surface area (Å²) in [5.41, 5.74) is -2.80. The van der Waals surface area contributed by atoms with Gasteiger partial charge in [0.2, 0.25) is 10.9 Å². The van der Waals surface area contributed by atoms with E-state index in [1.165, 1.54) is 12.1 Å². The number of ether oxygens (including phenoxy) is 1. The van der Waals surface area contributed by atoms with Crippen LogP contribution in [0.25, 0.3) is 21.5 Å². The first kappa shape index (κ1) is 14.7. The Bertz CT molecular complexity index is 1350. The van der Waals surface area contributed by atoms with Crippen molar-refractivity contribution < 1.29 is 4.74 Å². The van der Waals surface area contributed by atoms with E-state index in [4.69, 9.17) is 4.74 Å². The second kappa shape index (κ2) is 4.95. The quantitative estimate of drug-likeness (QED) is 0.402. The maximum atomic E-state index is 12.1. The normalized spacial score (nSPS) is 12.6. The van der Waals surface area contributed by atoms with E-state index in [1.54, 1.807) is 0 Å². The van der Waals surface area contributed by atoms with E-state index in [-0.39, 0.29) is 10.8 Å². The fraction of sp³-hybridized carbons (Fsp3) is 0.0476. The smallest absolute Gasteiger partial charge is 0.277 e. The van der Waals surface area contributed by atoms with Crippen molar-refractivity contribution in [2.24, 2.45) is 0 Å². The molecule has 0 saturated carbocycles. The highest BCUT2D eigenvalue weighted by atomic mass is 16.5. The minimum Gasteiger partial charge on any atom is -0.457 e. The molecular weight excluding hydrogens is 332 g/mol.